The maximum absolute atomic E-state index is 13.1. The Balaban J connectivity index is 1.52. The van der Waals surface area contributed by atoms with Crippen molar-refractivity contribution in [3.63, 3.8) is 0 Å². The minimum atomic E-state index is -4.75. The molecule has 0 bridgehead atoms. The third-order valence-electron chi connectivity index (χ3n) is 6.07. The molecule has 10 heteroatoms. The van der Waals surface area contributed by atoms with E-state index >= 15 is 0 Å². The Morgan fingerprint density at radius 2 is 1.81 bits per heavy atom. The van der Waals surface area contributed by atoms with Crippen LogP contribution in [0.4, 0.5) is 18.3 Å². The van der Waals surface area contributed by atoms with E-state index in [0.717, 1.165) is 34.8 Å². The first-order chi connectivity index (χ1) is 17.6. The molecule has 0 aliphatic carbocycles. The highest BCUT2D eigenvalue weighted by atomic mass is 32.1. The summed E-state index contributed by atoms with van der Waals surface area (Å²) >= 11 is 1.34. The van der Waals surface area contributed by atoms with Gasteiger partial charge in [-0.25, -0.2) is 4.98 Å². The van der Waals surface area contributed by atoms with Crippen LogP contribution in [0.3, 0.4) is 0 Å². The van der Waals surface area contributed by atoms with Crippen molar-refractivity contribution < 1.29 is 27.4 Å². The minimum Gasteiger partial charge on any atom is -0.406 e. The zero-order chi connectivity index (χ0) is 26.7. The number of nitrogens with one attached hydrogen (secondary N) is 1. The lowest BCUT2D eigenvalue weighted by Gasteiger charge is -2.12. The summed E-state index contributed by atoms with van der Waals surface area (Å²) in [4.78, 5) is 17.7. The first kappa shape index (κ1) is 26.4. The summed E-state index contributed by atoms with van der Waals surface area (Å²) in [6.07, 6.45) is -4.75. The molecule has 0 unspecified atom stereocenters. The van der Waals surface area contributed by atoms with Crippen LogP contribution in [0.5, 0.6) is 5.75 Å². The van der Waals surface area contributed by atoms with Gasteiger partial charge in [0.15, 0.2) is 5.13 Å². The maximum Gasteiger partial charge on any atom is 0.573 e. The number of benzene rings is 2. The third-order valence-corrected chi connectivity index (χ3v) is 6.83. The maximum atomic E-state index is 13.1. The van der Waals surface area contributed by atoms with Crippen molar-refractivity contribution >= 4 is 22.4 Å². The smallest absolute Gasteiger partial charge is 0.406 e. The zero-order valence-corrected chi connectivity index (χ0v) is 21.6. The molecule has 4 aromatic rings. The lowest BCUT2D eigenvalue weighted by molar-refractivity contribution is -0.274. The van der Waals surface area contributed by atoms with Crippen molar-refractivity contribution in [1.29, 1.82) is 0 Å². The number of rotatable bonds is 8. The molecule has 0 radical (unpaired) electrons. The lowest BCUT2D eigenvalue weighted by Crippen LogP contribution is -2.17. The van der Waals surface area contributed by atoms with E-state index in [-0.39, 0.29) is 11.7 Å². The lowest BCUT2D eigenvalue weighted by atomic mass is 9.96. The number of ether oxygens (including phenoxy) is 2. The van der Waals surface area contributed by atoms with Crippen LogP contribution in [0, 0.1) is 20.8 Å². The van der Waals surface area contributed by atoms with E-state index in [1.165, 1.54) is 35.6 Å². The molecule has 0 spiro atoms. The fourth-order valence-corrected chi connectivity index (χ4v) is 4.94. The van der Waals surface area contributed by atoms with Gasteiger partial charge >= 0.3 is 6.36 Å². The van der Waals surface area contributed by atoms with Crippen molar-refractivity contribution in [3.05, 3.63) is 76.4 Å². The Kier molecular flexibility index (Phi) is 7.70. The second-order valence-corrected chi connectivity index (χ2v) is 9.33. The normalized spacial score (nSPS) is 11.5. The molecule has 0 aliphatic heterocycles. The van der Waals surface area contributed by atoms with Gasteiger partial charge in [-0.3, -0.25) is 10.1 Å². The average molecular weight is 530 g/mol. The summed E-state index contributed by atoms with van der Waals surface area (Å²) in [5.41, 5.74) is 6.51. The number of amides is 1. The quantitative estimate of drug-likeness (QED) is 0.267. The largest absolute Gasteiger partial charge is 0.573 e. The van der Waals surface area contributed by atoms with Crippen LogP contribution in [-0.4, -0.2) is 35.5 Å². The first-order valence-electron chi connectivity index (χ1n) is 11.5. The first-order valence-corrected chi connectivity index (χ1v) is 12.3. The fraction of sp³-hybridized carbons (Fsp3) is 0.259. The van der Waals surface area contributed by atoms with Crippen molar-refractivity contribution in [2.75, 3.05) is 19.0 Å². The molecule has 37 heavy (non-hydrogen) atoms. The molecule has 0 saturated heterocycles. The van der Waals surface area contributed by atoms with Crippen molar-refractivity contribution in [3.8, 4) is 28.1 Å². The van der Waals surface area contributed by atoms with E-state index in [0.29, 0.717) is 28.4 Å². The number of hydrogen-bond donors (Lipinski definition) is 1. The van der Waals surface area contributed by atoms with Gasteiger partial charge in [0.1, 0.15) is 5.75 Å². The second kappa shape index (κ2) is 10.8. The Hall–Kier alpha value is -3.63. The molecule has 194 valence electrons. The minimum absolute atomic E-state index is 0.304. The van der Waals surface area contributed by atoms with E-state index in [1.807, 2.05) is 25.3 Å². The topological polar surface area (TPSA) is 65.4 Å². The fourth-order valence-electron chi connectivity index (χ4n) is 4.24. The summed E-state index contributed by atoms with van der Waals surface area (Å²) in [5, 5.41) is 5.26. The molecule has 4 rings (SSSR count). The molecule has 1 N–H and O–H groups in total. The highest BCUT2D eigenvalue weighted by molar-refractivity contribution is 7.14. The van der Waals surface area contributed by atoms with Crippen molar-refractivity contribution in [2.24, 2.45) is 0 Å². The molecule has 2 aromatic carbocycles. The van der Waals surface area contributed by atoms with E-state index in [1.54, 1.807) is 26.2 Å². The Morgan fingerprint density at radius 1 is 1.08 bits per heavy atom. The molecule has 0 aliphatic rings. The van der Waals surface area contributed by atoms with Crippen LogP contribution in [0.25, 0.3) is 22.4 Å². The standard InChI is InChI=1S/C27H26F3N3O3S/c1-16-14-23(18(3)33(16)12-13-35-4)24-15-37-26(31-24)32-25(34)22-7-5-6-21(17(22)2)19-8-10-20(11-9-19)36-27(28,29)30/h5-11,14-15H,12-13H2,1-4H3,(H,31,32,34). The molecule has 0 saturated carbocycles. The number of nitrogens with zero attached hydrogens (tertiary/aromatic N) is 2. The van der Waals surface area contributed by atoms with Gasteiger partial charge in [0, 0.05) is 41.5 Å². The summed E-state index contributed by atoms with van der Waals surface area (Å²) in [7, 11) is 1.67. The predicted octanol–water partition coefficient (Wildman–Crippen LogP) is 7.00. The Morgan fingerprint density at radius 3 is 2.49 bits per heavy atom. The highest BCUT2D eigenvalue weighted by Crippen LogP contribution is 2.32. The summed E-state index contributed by atoms with van der Waals surface area (Å²) in [5.74, 6) is -0.621. The average Bonchev–Trinajstić information content (AvgIpc) is 3.41. The number of aryl methyl sites for hydroxylation is 1. The van der Waals surface area contributed by atoms with Gasteiger partial charge < -0.3 is 14.0 Å². The van der Waals surface area contributed by atoms with Crippen molar-refractivity contribution in [1.82, 2.24) is 9.55 Å². The Labute approximate surface area is 216 Å². The number of methoxy groups -OCH3 is 1. The van der Waals surface area contributed by atoms with Crippen LogP contribution >= 0.6 is 11.3 Å². The van der Waals surface area contributed by atoms with Crippen LogP contribution in [-0.2, 0) is 11.3 Å². The molecule has 1 amide bonds. The number of halogens is 3. The number of carbonyl (C=O) groups excluding carboxylic acids is 1. The van der Waals surface area contributed by atoms with Crippen LogP contribution in [0.2, 0.25) is 0 Å². The van der Waals surface area contributed by atoms with Gasteiger partial charge in [0.25, 0.3) is 5.91 Å². The molecule has 2 aromatic heterocycles. The predicted molar refractivity (Wildman–Crippen MR) is 138 cm³/mol. The number of alkyl halides is 3. The van der Waals surface area contributed by atoms with Crippen LogP contribution in [0.1, 0.15) is 27.3 Å². The monoisotopic (exact) mass is 529 g/mol. The number of hydrogen-bond acceptors (Lipinski definition) is 5. The molecular weight excluding hydrogens is 503 g/mol. The summed E-state index contributed by atoms with van der Waals surface area (Å²) in [6.45, 7) is 7.22. The summed E-state index contributed by atoms with van der Waals surface area (Å²) in [6, 6.07) is 12.9. The van der Waals surface area contributed by atoms with E-state index < -0.39 is 6.36 Å². The van der Waals surface area contributed by atoms with Crippen LogP contribution < -0.4 is 10.1 Å². The van der Waals surface area contributed by atoms with Gasteiger partial charge in [-0.05, 0) is 61.7 Å². The number of aromatic nitrogens is 2. The second-order valence-electron chi connectivity index (χ2n) is 8.47. The zero-order valence-electron chi connectivity index (χ0n) is 20.8. The van der Waals surface area contributed by atoms with E-state index in [2.05, 4.69) is 25.7 Å². The molecule has 2 heterocycles. The van der Waals surface area contributed by atoms with Gasteiger partial charge in [-0.15, -0.1) is 24.5 Å². The van der Waals surface area contributed by atoms with E-state index in [9.17, 15) is 18.0 Å². The molecule has 0 fully saturated rings. The number of anilines is 1. The van der Waals surface area contributed by atoms with Gasteiger partial charge in [-0.1, -0.05) is 24.3 Å². The molecular formula is C27H26F3N3O3S. The molecule has 0 atom stereocenters. The molecule has 6 nitrogen and oxygen atoms in total. The number of carbonyl (C=O) groups is 1. The van der Waals surface area contributed by atoms with Gasteiger partial charge in [-0.2, -0.15) is 0 Å². The SMILES string of the molecule is COCCn1c(C)cc(-c2csc(NC(=O)c3cccc(-c4ccc(OC(F)(F)F)cc4)c3C)n2)c1C. The van der Waals surface area contributed by atoms with Gasteiger partial charge in [0.05, 0.1) is 12.3 Å². The third kappa shape index (κ3) is 6.03. The highest BCUT2D eigenvalue weighted by Gasteiger charge is 2.31. The Bertz CT molecular complexity index is 1410. The van der Waals surface area contributed by atoms with E-state index in [4.69, 9.17) is 4.74 Å². The number of thiazole rings is 1. The summed E-state index contributed by atoms with van der Waals surface area (Å²) < 4.78 is 48.7. The van der Waals surface area contributed by atoms with Crippen molar-refractivity contribution in [2.45, 2.75) is 33.7 Å². The van der Waals surface area contributed by atoms with Crippen LogP contribution in [0.15, 0.2) is 53.9 Å². The van der Waals surface area contributed by atoms with Gasteiger partial charge in [0.2, 0.25) is 0 Å².